The molecule has 0 atom stereocenters. The fourth-order valence-corrected chi connectivity index (χ4v) is 2.13. The van der Waals surface area contributed by atoms with Gasteiger partial charge in [-0.15, -0.1) is 0 Å². The molecule has 0 saturated heterocycles. The molecule has 2 aromatic carbocycles. The zero-order valence-corrected chi connectivity index (χ0v) is 13.0. The maximum Gasteiger partial charge on any atom is 0.329 e. The van der Waals surface area contributed by atoms with Gasteiger partial charge in [0.25, 0.3) is 0 Å². The van der Waals surface area contributed by atoms with E-state index >= 15 is 0 Å². The smallest absolute Gasteiger partial charge is 0.329 e. The Kier molecular flexibility index (Phi) is 4.62. The van der Waals surface area contributed by atoms with Crippen LogP contribution >= 0.6 is 11.6 Å². The summed E-state index contributed by atoms with van der Waals surface area (Å²) in [6.45, 7) is 0.175. The van der Waals surface area contributed by atoms with Crippen molar-refractivity contribution < 1.29 is 19.1 Å². The lowest BCUT2D eigenvalue weighted by atomic mass is 10.2. The number of benzene rings is 2. The third-order valence-electron chi connectivity index (χ3n) is 3.10. The van der Waals surface area contributed by atoms with Crippen LogP contribution in [0.15, 0.2) is 47.6 Å². The van der Waals surface area contributed by atoms with Gasteiger partial charge in [0, 0.05) is 0 Å². The Balaban J connectivity index is 1.57. The van der Waals surface area contributed by atoms with Gasteiger partial charge < -0.3 is 14.8 Å². The maximum absolute atomic E-state index is 11.8. The van der Waals surface area contributed by atoms with Gasteiger partial charge in [-0.2, -0.15) is 5.10 Å². The number of fused-ring (bicyclic) bond motifs is 1. The maximum atomic E-state index is 11.8. The first-order chi connectivity index (χ1) is 11.6. The third-order valence-corrected chi connectivity index (χ3v) is 3.43. The minimum atomic E-state index is -0.910. The molecule has 1 heterocycles. The Morgan fingerprint density at radius 1 is 1.08 bits per heavy atom. The van der Waals surface area contributed by atoms with Crippen LogP contribution in [0.5, 0.6) is 11.5 Å². The molecule has 8 heteroatoms. The van der Waals surface area contributed by atoms with Gasteiger partial charge in [0.1, 0.15) is 0 Å². The number of nitrogens with zero attached hydrogens (tertiary/aromatic N) is 1. The van der Waals surface area contributed by atoms with Crippen molar-refractivity contribution in [2.24, 2.45) is 5.10 Å². The number of halogens is 1. The minimum absolute atomic E-state index is 0.175. The highest BCUT2D eigenvalue weighted by Gasteiger charge is 2.15. The van der Waals surface area contributed by atoms with E-state index in [1.54, 1.807) is 42.5 Å². The van der Waals surface area contributed by atoms with Gasteiger partial charge >= 0.3 is 11.8 Å². The predicted molar refractivity (Wildman–Crippen MR) is 88.4 cm³/mol. The number of carbonyl (C=O) groups excluding carboxylic acids is 2. The van der Waals surface area contributed by atoms with E-state index in [9.17, 15) is 9.59 Å². The summed E-state index contributed by atoms with van der Waals surface area (Å²) in [5.74, 6) is -0.533. The Labute approximate surface area is 142 Å². The molecule has 2 amide bonds. The zero-order chi connectivity index (χ0) is 16.9. The van der Waals surface area contributed by atoms with Crippen LogP contribution in [-0.4, -0.2) is 24.8 Å². The van der Waals surface area contributed by atoms with E-state index in [2.05, 4.69) is 15.8 Å². The summed E-state index contributed by atoms with van der Waals surface area (Å²) in [5.41, 5.74) is 3.17. The summed E-state index contributed by atoms with van der Waals surface area (Å²) in [7, 11) is 0. The summed E-state index contributed by atoms with van der Waals surface area (Å²) in [5, 5.41) is 6.47. The molecule has 24 heavy (non-hydrogen) atoms. The number of hydrogen-bond donors (Lipinski definition) is 2. The largest absolute Gasteiger partial charge is 0.454 e. The number of hydrazone groups is 1. The summed E-state index contributed by atoms with van der Waals surface area (Å²) in [6.07, 6.45) is 1.39. The monoisotopic (exact) mass is 345 g/mol. The van der Waals surface area contributed by atoms with Crippen LogP contribution < -0.4 is 20.2 Å². The first-order valence-electron chi connectivity index (χ1n) is 6.92. The fraction of sp³-hybridized carbons (Fsp3) is 0.0625. The van der Waals surface area contributed by atoms with Crippen molar-refractivity contribution in [2.45, 2.75) is 0 Å². The quantitative estimate of drug-likeness (QED) is 0.507. The van der Waals surface area contributed by atoms with E-state index in [-0.39, 0.29) is 6.79 Å². The molecular weight excluding hydrogens is 334 g/mol. The molecular formula is C16H12ClN3O4. The third kappa shape index (κ3) is 3.64. The molecule has 0 spiro atoms. The number of para-hydroxylation sites is 1. The Bertz CT molecular complexity index is 823. The number of nitrogens with one attached hydrogen (secondary N) is 2. The number of anilines is 1. The molecule has 7 nitrogen and oxygen atoms in total. The topological polar surface area (TPSA) is 89.0 Å². The normalized spacial score (nSPS) is 12.2. The van der Waals surface area contributed by atoms with Gasteiger partial charge in [0.15, 0.2) is 11.5 Å². The number of ether oxygens (including phenoxy) is 2. The molecule has 0 saturated carbocycles. The molecule has 3 rings (SSSR count). The standard InChI is InChI=1S/C16H12ClN3O4/c17-11-3-1-2-4-12(11)19-15(21)16(22)20-18-8-10-5-6-13-14(7-10)24-9-23-13/h1-8H,9H2,(H,19,21)(H,20,22). The second-order valence-electron chi connectivity index (χ2n) is 4.75. The van der Waals surface area contributed by atoms with Crippen molar-refractivity contribution in [1.29, 1.82) is 0 Å². The molecule has 0 radical (unpaired) electrons. The van der Waals surface area contributed by atoms with Crippen LogP contribution in [0, 0.1) is 0 Å². The molecule has 2 aromatic rings. The first kappa shape index (κ1) is 15.8. The Hall–Kier alpha value is -3.06. The van der Waals surface area contributed by atoms with E-state index in [1.807, 2.05) is 0 Å². The van der Waals surface area contributed by atoms with Gasteiger partial charge in [0.2, 0.25) is 6.79 Å². The molecule has 2 N–H and O–H groups in total. The van der Waals surface area contributed by atoms with Gasteiger partial charge in [-0.3, -0.25) is 9.59 Å². The van der Waals surface area contributed by atoms with Crippen LogP contribution in [0.2, 0.25) is 5.02 Å². The van der Waals surface area contributed by atoms with Gasteiger partial charge in [0.05, 0.1) is 16.9 Å². The molecule has 0 aromatic heterocycles. The van der Waals surface area contributed by atoms with Crippen molar-refractivity contribution in [1.82, 2.24) is 5.43 Å². The molecule has 1 aliphatic rings. The molecule has 0 fully saturated rings. The van der Waals surface area contributed by atoms with Crippen LogP contribution in [-0.2, 0) is 9.59 Å². The van der Waals surface area contributed by atoms with Crippen LogP contribution in [0.25, 0.3) is 0 Å². The molecule has 0 aliphatic carbocycles. The number of hydrogen-bond acceptors (Lipinski definition) is 5. The van der Waals surface area contributed by atoms with Gasteiger partial charge in [-0.05, 0) is 35.9 Å². The summed E-state index contributed by atoms with van der Waals surface area (Å²) >= 11 is 5.91. The first-order valence-corrected chi connectivity index (χ1v) is 7.30. The van der Waals surface area contributed by atoms with Crippen LogP contribution in [0.3, 0.4) is 0 Å². The Morgan fingerprint density at radius 2 is 1.88 bits per heavy atom. The SMILES string of the molecule is O=C(NN=Cc1ccc2c(c1)OCO2)C(=O)Nc1ccccc1Cl. The minimum Gasteiger partial charge on any atom is -0.454 e. The Morgan fingerprint density at radius 3 is 2.71 bits per heavy atom. The molecule has 0 bridgehead atoms. The number of carbonyl (C=O) groups is 2. The van der Waals surface area contributed by atoms with Crippen LogP contribution in [0.4, 0.5) is 5.69 Å². The van der Waals surface area contributed by atoms with E-state index in [4.69, 9.17) is 21.1 Å². The van der Waals surface area contributed by atoms with Crippen molar-refractivity contribution in [2.75, 3.05) is 12.1 Å². The summed E-state index contributed by atoms with van der Waals surface area (Å²) in [4.78, 5) is 23.5. The molecule has 122 valence electrons. The zero-order valence-electron chi connectivity index (χ0n) is 12.3. The van der Waals surface area contributed by atoms with Crippen molar-refractivity contribution >= 4 is 35.3 Å². The van der Waals surface area contributed by atoms with Crippen molar-refractivity contribution in [3.8, 4) is 11.5 Å². The van der Waals surface area contributed by atoms with Gasteiger partial charge in [-0.1, -0.05) is 23.7 Å². The lowest BCUT2D eigenvalue weighted by molar-refractivity contribution is -0.136. The van der Waals surface area contributed by atoms with E-state index in [0.29, 0.717) is 27.8 Å². The summed E-state index contributed by atoms with van der Waals surface area (Å²) < 4.78 is 10.4. The van der Waals surface area contributed by atoms with Crippen molar-refractivity contribution in [3.05, 3.63) is 53.1 Å². The molecule has 1 aliphatic heterocycles. The number of rotatable bonds is 3. The second-order valence-corrected chi connectivity index (χ2v) is 5.15. The second kappa shape index (κ2) is 7.01. The highest BCUT2D eigenvalue weighted by molar-refractivity contribution is 6.41. The average molecular weight is 346 g/mol. The predicted octanol–water partition coefficient (Wildman–Crippen LogP) is 2.16. The molecule has 0 unspecified atom stereocenters. The number of amides is 2. The highest BCUT2D eigenvalue weighted by atomic mass is 35.5. The van der Waals surface area contributed by atoms with Crippen LogP contribution in [0.1, 0.15) is 5.56 Å². The van der Waals surface area contributed by atoms with E-state index in [1.165, 1.54) is 6.21 Å². The van der Waals surface area contributed by atoms with E-state index in [0.717, 1.165) is 0 Å². The summed E-state index contributed by atoms with van der Waals surface area (Å²) in [6, 6.07) is 11.8. The highest BCUT2D eigenvalue weighted by Crippen LogP contribution is 2.31. The fourth-order valence-electron chi connectivity index (χ4n) is 1.95. The van der Waals surface area contributed by atoms with Gasteiger partial charge in [-0.25, -0.2) is 5.43 Å². The van der Waals surface area contributed by atoms with E-state index < -0.39 is 11.8 Å². The average Bonchev–Trinajstić information content (AvgIpc) is 3.04. The lowest BCUT2D eigenvalue weighted by Crippen LogP contribution is -2.32. The lowest BCUT2D eigenvalue weighted by Gasteiger charge is -2.05. The van der Waals surface area contributed by atoms with Crippen molar-refractivity contribution in [3.63, 3.8) is 0 Å².